The van der Waals surface area contributed by atoms with Crippen LogP contribution in [0.5, 0.6) is 5.75 Å². The number of alkyl halides is 3. The van der Waals surface area contributed by atoms with Crippen molar-refractivity contribution in [2.24, 2.45) is 0 Å². The molecule has 1 saturated heterocycles. The van der Waals surface area contributed by atoms with E-state index in [1.54, 1.807) is 0 Å². The molecule has 1 aromatic rings. The zero-order valence-electron chi connectivity index (χ0n) is 12.7. The molecule has 0 radical (unpaired) electrons. The minimum atomic E-state index is -4.48. The van der Waals surface area contributed by atoms with E-state index >= 15 is 0 Å². The van der Waals surface area contributed by atoms with Gasteiger partial charge in [-0.1, -0.05) is 12.1 Å². The molecular formula is C15H19F3N2O2. The van der Waals surface area contributed by atoms with E-state index in [2.05, 4.69) is 5.43 Å². The number of benzene rings is 1. The molecule has 22 heavy (non-hydrogen) atoms. The van der Waals surface area contributed by atoms with Crippen molar-refractivity contribution in [3.05, 3.63) is 29.8 Å². The number of carbonyl (C=O) groups excluding carboxylic acids is 1. The minimum Gasteiger partial charge on any atom is -0.488 e. The molecule has 1 N–H and O–H groups in total. The van der Waals surface area contributed by atoms with Crippen LogP contribution in [0.2, 0.25) is 0 Å². The third kappa shape index (κ3) is 4.13. The highest BCUT2D eigenvalue weighted by molar-refractivity contribution is 5.77. The number of hydrogen-bond donors (Lipinski definition) is 1. The molecule has 1 heterocycles. The van der Waals surface area contributed by atoms with Crippen LogP contribution >= 0.6 is 0 Å². The lowest BCUT2D eigenvalue weighted by atomic mass is 10.1. The predicted molar refractivity (Wildman–Crippen MR) is 75.1 cm³/mol. The molecule has 0 saturated carbocycles. The summed E-state index contributed by atoms with van der Waals surface area (Å²) in [4.78, 5) is 11.2. The fourth-order valence-corrected chi connectivity index (χ4v) is 2.30. The smallest absolute Gasteiger partial charge is 0.409 e. The standard InChI is InChI=1S/C15H19F3N2O2/c1-14(2,3)22-11-6-4-10(5-7-11)13(15(16,17)18)20-9-8-12(21)19-20/h4-7,13H,8-9H2,1-3H3,(H,19,21). The summed E-state index contributed by atoms with van der Waals surface area (Å²) in [5, 5.41) is 0.932. The van der Waals surface area contributed by atoms with Gasteiger partial charge in [-0.25, -0.2) is 5.01 Å². The summed E-state index contributed by atoms with van der Waals surface area (Å²) in [6, 6.07) is 3.92. The van der Waals surface area contributed by atoms with Crippen LogP contribution in [0.4, 0.5) is 13.2 Å². The van der Waals surface area contributed by atoms with Gasteiger partial charge in [-0.3, -0.25) is 10.2 Å². The first kappa shape index (κ1) is 16.6. The number of rotatable bonds is 3. The molecule has 0 spiro atoms. The first-order chi connectivity index (χ1) is 10.1. The Hall–Kier alpha value is -1.76. The summed E-state index contributed by atoms with van der Waals surface area (Å²) in [7, 11) is 0. The predicted octanol–water partition coefficient (Wildman–Crippen LogP) is 3.20. The lowest BCUT2D eigenvalue weighted by molar-refractivity contribution is -0.191. The van der Waals surface area contributed by atoms with Crippen LogP contribution in [0.15, 0.2) is 24.3 Å². The van der Waals surface area contributed by atoms with Crippen LogP contribution in [0.3, 0.4) is 0 Å². The SMILES string of the molecule is CC(C)(C)Oc1ccc(C(N2CCC(=O)N2)C(F)(F)F)cc1. The summed E-state index contributed by atoms with van der Waals surface area (Å²) in [5.41, 5.74) is 1.90. The van der Waals surface area contributed by atoms with Crippen molar-refractivity contribution in [3.63, 3.8) is 0 Å². The Labute approximate surface area is 127 Å². The van der Waals surface area contributed by atoms with Gasteiger partial charge in [0.05, 0.1) is 0 Å². The minimum absolute atomic E-state index is 0.0310. The van der Waals surface area contributed by atoms with Crippen LogP contribution in [0.25, 0.3) is 0 Å². The van der Waals surface area contributed by atoms with E-state index in [9.17, 15) is 18.0 Å². The van der Waals surface area contributed by atoms with E-state index < -0.39 is 23.7 Å². The number of nitrogens with one attached hydrogen (secondary N) is 1. The molecule has 2 rings (SSSR count). The van der Waals surface area contributed by atoms with Crippen LogP contribution in [0, 0.1) is 0 Å². The van der Waals surface area contributed by atoms with Crippen molar-refractivity contribution in [3.8, 4) is 5.75 Å². The highest BCUT2D eigenvalue weighted by Crippen LogP contribution is 2.38. The molecule has 1 amide bonds. The lowest BCUT2D eigenvalue weighted by Crippen LogP contribution is -2.43. The number of amides is 1. The van der Waals surface area contributed by atoms with Crippen molar-refractivity contribution in [1.82, 2.24) is 10.4 Å². The second-order valence-electron chi connectivity index (χ2n) is 6.21. The summed E-state index contributed by atoms with van der Waals surface area (Å²) in [6.07, 6.45) is -4.41. The Bertz CT molecular complexity index is 535. The number of hydrogen-bond acceptors (Lipinski definition) is 3. The second kappa shape index (κ2) is 5.79. The largest absolute Gasteiger partial charge is 0.488 e. The molecule has 1 atom stereocenters. The average Bonchev–Trinajstić information content (AvgIpc) is 2.74. The van der Waals surface area contributed by atoms with E-state index in [-0.39, 0.29) is 18.5 Å². The molecule has 1 aliphatic rings. The molecular weight excluding hydrogens is 297 g/mol. The van der Waals surface area contributed by atoms with Gasteiger partial charge in [0, 0.05) is 13.0 Å². The van der Waals surface area contributed by atoms with E-state index in [0.29, 0.717) is 5.75 Å². The highest BCUT2D eigenvalue weighted by Gasteiger charge is 2.46. The molecule has 122 valence electrons. The first-order valence-corrected chi connectivity index (χ1v) is 6.98. The van der Waals surface area contributed by atoms with Gasteiger partial charge in [0.1, 0.15) is 17.4 Å². The maximum Gasteiger partial charge on any atom is 0.409 e. The van der Waals surface area contributed by atoms with Crippen LogP contribution in [-0.2, 0) is 4.79 Å². The highest BCUT2D eigenvalue weighted by atomic mass is 19.4. The van der Waals surface area contributed by atoms with Crippen molar-refractivity contribution in [2.45, 2.75) is 45.0 Å². The Morgan fingerprint density at radius 2 is 1.77 bits per heavy atom. The monoisotopic (exact) mass is 316 g/mol. The molecule has 0 aliphatic carbocycles. The topological polar surface area (TPSA) is 41.6 Å². The molecule has 1 unspecified atom stereocenters. The molecule has 1 fully saturated rings. The Morgan fingerprint density at radius 1 is 1.18 bits per heavy atom. The average molecular weight is 316 g/mol. The Kier molecular flexibility index (Phi) is 4.37. The number of hydrazine groups is 1. The van der Waals surface area contributed by atoms with Gasteiger partial charge in [0.15, 0.2) is 0 Å². The molecule has 4 nitrogen and oxygen atoms in total. The summed E-state index contributed by atoms with van der Waals surface area (Å²) in [6.45, 7) is 5.61. The fourth-order valence-electron chi connectivity index (χ4n) is 2.30. The second-order valence-corrected chi connectivity index (χ2v) is 6.21. The molecule has 0 bridgehead atoms. The number of carbonyl (C=O) groups is 1. The first-order valence-electron chi connectivity index (χ1n) is 6.98. The maximum atomic E-state index is 13.3. The quantitative estimate of drug-likeness (QED) is 0.931. The number of halogens is 3. The van der Waals surface area contributed by atoms with Gasteiger partial charge in [-0.2, -0.15) is 13.2 Å². The number of ether oxygens (including phenoxy) is 1. The summed E-state index contributed by atoms with van der Waals surface area (Å²) < 4.78 is 45.6. The lowest BCUT2D eigenvalue weighted by Gasteiger charge is -2.29. The number of nitrogens with zero attached hydrogens (tertiary/aromatic N) is 1. The van der Waals surface area contributed by atoms with Crippen molar-refractivity contribution < 1.29 is 22.7 Å². The van der Waals surface area contributed by atoms with Gasteiger partial charge >= 0.3 is 6.18 Å². The fraction of sp³-hybridized carbons (Fsp3) is 0.533. The molecule has 1 aliphatic heterocycles. The van der Waals surface area contributed by atoms with Crippen LogP contribution in [-0.4, -0.2) is 29.2 Å². The zero-order chi connectivity index (χ0) is 16.5. The normalized spacial score (nSPS) is 18.2. The summed E-state index contributed by atoms with van der Waals surface area (Å²) in [5.74, 6) is 0.101. The summed E-state index contributed by atoms with van der Waals surface area (Å²) >= 11 is 0. The van der Waals surface area contributed by atoms with Gasteiger partial charge < -0.3 is 4.74 Å². The Balaban J connectivity index is 2.23. The third-order valence-corrected chi connectivity index (χ3v) is 3.09. The third-order valence-electron chi connectivity index (χ3n) is 3.09. The van der Waals surface area contributed by atoms with Gasteiger partial charge in [-0.15, -0.1) is 0 Å². The molecule has 0 aromatic heterocycles. The van der Waals surface area contributed by atoms with E-state index in [1.807, 2.05) is 20.8 Å². The van der Waals surface area contributed by atoms with Gasteiger partial charge in [-0.05, 0) is 38.5 Å². The van der Waals surface area contributed by atoms with Gasteiger partial charge in [0.25, 0.3) is 0 Å². The zero-order valence-corrected chi connectivity index (χ0v) is 12.7. The molecule has 7 heteroatoms. The van der Waals surface area contributed by atoms with E-state index in [4.69, 9.17) is 4.74 Å². The van der Waals surface area contributed by atoms with Crippen LogP contribution in [0.1, 0.15) is 38.8 Å². The van der Waals surface area contributed by atoms with Crippen LogP contribution < -0.4 is 10.2 Å². The van der Waals surface area contributed by atoms with Crippen molar-refractivity contribution in [1.29, 1.82) is 0 Å². The van der Waals surface area contributed by atoms with Crippen molar-refractivity contribution >= 4 is 5.91 Å². The molecule has 1 aromatic carbocycles. The Morgan fingerprint density at radius 3 is 2.18 bits per heavy atom. The maximum absolute atomic E-state index is 13.3. The van der Waals surface area contributed by atoms with Gasteiger partial charge in [0.2, 0.25) is 5.91 Å². The van der Waals surface area contributed by atoms with Crippen molar-refractivity contribution in [2.75, 3.05) is 6.54 Å². The van der Waals surface area contributed by atoms with E-state index in [1.165, 1.54) is 24.3 Å². The van der Waals surface area contributed by atoms with E-state index in [0.717, 1.165) is 5.01 Å².